The molecule has 3 nitrogen and oxygen atoms in total. The fraction of sp³-hybridized carbons (Fsp3) is 0.667. The normalized spacial score (nSPS) is 21.1. The van der Waals surface area contributed by atoms with Crippen LogP contribution in [-0.2, 0) is 10.3 Å². The maximum absolute atomic E-state index is 11.5. The molecule has 1 unspecified atom stereocenters. The van der Waals surface area contributed by atoms with Crippen LogP contribution in [0.1, 0.15) is 44.6 Å². The molecule has 1 heterocycles. The Bertz CT molecular complexity index is 492. The van der Waals surface area contributed by atoms with Gasteiger partial charge in [-0.2, -0.15) is 0 Å². The highest BCUT2D eigenvalue weighted by molar-refractivity contribution is 6.42. The summed E-state index contributed by atoms with van der Waals surface area (Å²) in [5, 5.41) is 15.9. The molecule has 0 saturated carbocycles. The molecule has 2 N–H and O–H groups in total. The van der Waals surface area contributed by atoms with Gasteiger partial charge in [-0.3, -0.25) is 0 Å². The van der Waals surface area contributed by atoms with Crippen molar-refractivity contribution in [1.29, 1.82) is 0 Å². The topological polar surface area (TPSA) is 41.5 Å². The van der Waals surface area contributed by atoms with Gasteiger partial charge in [0.1, 0.15) is 0 Å². The number of aliphatic hydroxyl groups is 1. The molecule has 0 radical (unpaired) electrons. The molecule has 0 spiro atoms. The third-order valence-corrected chi connectivity index (χ3v) is 5.51. The van der Waals surface area contributed by atoms with Crippen molar-refractivity contribution in [3.63, 3.8) is 0 Å². The summed E-state index contributed by atoms with van der Waals surface area (Å²) in [4.78, 5) is 0. The maximum Gasteiger partial charge on any atom is 0.0951 e. The molecule has 2 rings (SSSR count). The molecule has 5 heteroatoms. The number of halogens is 2. The van der Waals surface area contributed by atoms with Crippen molar-refractivity contribution >= 4 is 23.2 Å². The quantitative estimate of drug-likeness (QED) is 0.676. The number of rotatable bonds is 8. The molecule has 1 aliphatic heterocycles. The number of unbranched alkanes of at least 4 members (excludes halogenated alkanes) is 1. The van der Waals surface area contributed by atoms with Crippen LogP contribution in [0.25, 0.3) is 0 Å². The molecule has 1 aliphatic rings. The lowest BCUT2D eigenvalue weighted by molar-refractivity contribution is -0.0435. The number of nitrogens with one attached hydrogen (secondary N) is 1. The Labute approximate surface area is 149 Å². The first-order chi connectivity index (χ1) is 11.1. The molecule has 0 amide bonds. The Morgan fingerprint density at radius 2 is 2.17 bits per heavy atom. The minimum atomic E-state index is -0.943. The number of ether oxygens (including phenoxy) is 1. The second-order valence-electron chi connectivity index (χ2n) is 6.22. The summed E-state index contributed by atoms with van der Waals surface area (Å²) in [7, 11) is 0. The van der Waals surface area contributed by atoms with Crippen LogP contribution in [-0.4, -0.2) is 31.4 Å². The smallest absolute Gasteiger partial charge is 0.0951 e. The predicted octanol–water partition coefficient (Wildman–Crippen LogP) is 4.39. The van der Waals surface area contributed by atoms with E-state index in [2.05, 4.69) is 5.32 Å². The molecule has 23 heavy (non-hydrogen) atoms. The molecule has 130 valence electrons. The number of hydrogen-bond donors (Lipinski definition) is 2. The summed E-state index contributed by atoms with van der Waals surface area (Å²) in [6.07, 6.45) is 4.58. The lowest BCUT2D eigenvalue weighted by atomic mass is 9.74. The Balaban J connectivity index is 2.18. The van der Waals surface area contributed by atoms with Crippen molar-refractivity contribution in [3.8, 4) is 0 Å². The van der Waals surface area contributed by atoms with Crippen LogP contribution >= 0.6 is 23.2 Å². The van der Waals surface area contributed by atoms with E-state index in [0.717, 1.165) is 57.6 Å². The van der Waals surface area contributed by atoms with Gasteiger partial charge < -0.3 is 15.2 Å². The molecule has 1 aromatic rings. The van der Waals surface area contributed by atoms with Crippen LogP contribution < -0.4 is 5.32 Å². The third kappa shape index (κ3) is 4.83. The van der Waals surface area contributed by atoms with Crippen LogP contribution in [0.5, 0.6) is 0 Å². The predicted molar refractivity (Wildman–Crippen MR) is 96.3 cm³/mol. The highest BCUT2D eigenvalue weighted by Gasteiger charge is 2.40. The molecule has 2 atom stereocenters. The van der Waals surface area contributed by atoms with Gasteiger partial charge in [-0.15, -0.1) is 0 Å². The van der Waals surface area contributed by atoms with Crippen LogP contribution in [0, 0.1) is 5.92 Å². The van der Waals surface area contributed by atoms with E-state index in [-0.39, 0.29) is 5.92 Å². The largest absolute Gasteiger partial charge is 0.385 e. The maximum atomic E-state index is 11.5. The molecular formula is C18H27Cl2NO2. The zero-order valence-corrected chi connectivity index (χ0v) is 15.3. The van der Waals surface area contributed by atoms with Gasteiger partial charge in [0, 0.05) is 31.2 Å². The van der Waals surface area contributed by atoms with Crippen molar-refractivity contribution in [2.24, 2.45) is 5.92 Å². The summed E-state index contributed by atoms with van der Waals surface area (Å²) >= 11 is 12.6. The van der Waals surface area contributed by atoms with Crippen LogP contribution in [0.2, 0.25) is 10.0 Å². The highest BCUT2D eigenvalue weighted by atomic mass is 35.5. The van der Waals surface area contributed by atoms with E-state index in [0.29, 0.717) is 16.5 Å². The first kappa shape index (κ1) is 19.0. The zero-order chi connectivity index (χ0) is 16.7. The monoisotopic (exact) mass is 359 g/mol. The minimum Gasteiger partial charge on any atom is -0.385 e. The molecule has 1 aromatic carbocycles. The summed E-state index contributed by atoms with van der Waals surface area (Å²) in [6, 6.07) is 5.54. The fourth-order valence-electron chi connectivity index (χ4n) is 3.40. The van der Waals surface area contributed by atoms with Gasteiger partial charge >= 0.3 is 0 Å². The van der Waals surface area contributed by atoms with Gasteiger partial charge in [0.2, 0.25) is 0 Å². The molecule has 0 aliphatic carbocycles. The van der Waals surface area contributed by atoms with Crippen molar-refractivity contribution in [3.05, 3.63) is 33.8 Å². The summed E-state index contributed by atoms with van der Waals surface area (Å²) in [5.41, 5.74) is -0.182. The summed E-state index contributed by atoms with van der Waals surface area (Å²) in [6.45, 7) is 5.29. The van der Waals surface area contributed by atoms with Gasteiger partial charge in [0.05, 0.1) is 15.6 Å². The van der Waals surface area contributed by atoms with Gasteiger partial charge in [-0.1, -0.05) is 35.3 Å². The van der Waals surface area contributed by atoms with E-state index >= 15 is 0 Å². The first-order valence-electron chi connectivity index (χ1n) is 8.55. The first-order valence-corrected chi connectivity index (χ1v) is 9.30. The lowest BCUT2D eigenvalue weighted by Gasteiger charge is -2.40. The van der Waals surface area contributed by atoms with E-state index in [1.165, 1.54) is 0 Å². The van der Waals surface area contributed by atoms with E-state index in [1.54, 1.807) is 6.07 Å². The van der Waals surface area contributed by atoms with Crippen molar-refractivity contribution in [1.82, 2.24) is 5.32 Å². The average molecular weight is 360 g/mol. The van der Waals surface area contributed by atoms with E-state index < -0.39 is 5.60 Å². The van der Waals surface area contributed by atoms with Gasteiger partial charge in [0.15, 0.2) is 0 Å². The number of piperidine rings is 1. The van der Waals surface area contributed by atoms with Crippen molar-refractivity contribution < 1.29 is 9.84 Å². The van der Waals surface area contributed by atoms with Crippen molar-refractivity contribution in [2.75, 3.05) is 26.3 Å². The Morgan fingerprint density at radius 3 is 2.87 bits per heavy atom. The highest BCUT2D eigenvalue weighted by Crippen LogP contribution is 2.43. The molecule has 0 aromatic heterocycles. The van der Waals surface area contributed by atoms with Gasteiger partial charge in [0.25, 0.3) is 0 Å². The van der Waals surface area contributed by atoms with Crippen LogP contribution in [0.4, 0.5) is 0 Å². The average Bonchev–Trinajstić information content (AvgIpc) is 2.58. The molecular weight excluding hydrogens is 333 g/mol. The Morgan fingerprint density at radius 1 is 1.35 bits per heavy atom. The van der Waals surface area contributed by atoms with E-state index in [9.17, 15) is 5.11 Å². The minimum absolute atomic E-state index is 0.152. The Hall–Kier alpha value is -0.320. The zero-order valence-electron chi connectivity index (χ0n) is 13.8. The SMILES string of the molecule is CCOCCCC[C@@](O)(c1cccc(Cl)c1Cl)C1CCCNC1. The van der Waals surface area contributed by atoms with E-state index in [1.807, 2.05) is 19.1 Å². The number of hydrogen-bond acceptors (Lipinski definition) is 3. The van der Waals surface area contributed by atoms with Gasteiger partial charge in [-0.25, -0.2) is 0 Å². The van der Waals surface area contributed by atoms with E-state index in [4.69, 9.17) is 27.9 Å². The van der Waals surface area contributed by atoms with Gasteiger partial charge in [-0.05, 0) is 51.6 Å². The summed E-state index contributed by atoms with van der Waals surface area (Å²) < 4.78 is 5.40. The van der Waals surface area contributed by atoms with Crippen LogP contribution in [0.3, 0.4) is 0 Å². The molecule has 1 saturated heterocycles. The lowest BCUT2D eigenvalue weighted by Crippen LogP contribution is -2.44. The second-order valence-corrected chi connectivity index (χ2v) is 7.01. The molecule has 0 bridgehead atoms. The second kappa shape index (κ2) is 9.24. The van der Waals surface area contributed by atoms with Crippen LogP contribution in [0.15, 0.2) is 18.2 Å². The fourth-order valence-corrected chi connectivity index (χ4v) is 3.86. The molecule has 1 fully saturated rings. The van der Waals surface area contributed by atoms with Crippen molar-refractivity contribution in [2.45, 2.75) is 44.6 Å². The third-order valence-electron chi connectivity index (χ3n) is 4.69. The standard InChI is InChI=1S/C18H27Cl2NO2/c1-2-23-12-4-3-10-18(22,14-7-6-11-21-13-14)15-8-5-9-16(19)17(15)20/h5,8-9,14,21-22H,2-4,6-7,10-13H2,1H3/t14?,18-/m0/s1. The number of benzene rings is 1. The Kier molecular flexibility index (Phi) is 7.64. The summed E-state index contributed by atoms with van der Waals surface area (Å²) in [5.74, 6) is 0.152.